The molecule has 1 saturated carbocycles. The molecule has 2 aromatic carbocycles. The highest BCUT2D eigenvalue weighted by Crippen LogP contribution is 2.46. The number of hydrogen-bond donors (Lipinski definition) is 0. The molecule has 4 heterocycles. The van der Waals surface area contributed by atoms with Crippen molar-refractivity contribution in [2.45, 2.75) is 83.1 Å². The quantitative estimate of drug-likeness (QED) is 0.233. The summed E-state index contributed by atoms with van der Waals surface area (Å²) < 4.78 is 18.5. The second-order valence-corrected chi connectivity index (χ2v) is 12.3. The Balaban J connectivity index is 1.10. The molecule has 8 heteroatoms. The van der Waals surface area contributed by atoms with Gasteiger partial charge in [0.05, 0.1) is 35.6 Å². The monoisotopic (exact) mass is 543 g/mol. The molecule has 3 aliphatic rings. The van der Waals surface area contributed by atoms with Crippen LogP contribution in [0.4, 0.5) is 5.13 Å². The van der Waals surface area contributed by atoms with Crippen LogP contribution < -0.4 is 4.90 Å². The summed E-state index contributed by atoms with van der Waals surface area (Å²) in [7, 11) is 1.42. The molecule has 0 amide bonds. The summed E-state index contributed by atoms with van der Waals surface area (Å²) in [6.07, 6.45) is 6.82. The second-order valence-electron chi connectivity index (χ2n) is 11.3. The van der Waals surface area contributed by atoms with Crippen molar-refractivity contribution < 1.29 is 18.8 Å². The molecule has 0 spiro atoms. The van der Waals surface area contributed by atoms with Crippen LogP contribution in [0.15, 0.2) is 40.9 Å². The van der Waals surface area contributed by atoms with Crippen LogP contribution in [-0.4, -0.2) is 41.4 Å². The summed E-state index contributed by atoms with van der Waals surface area (Å²) in [6, 6.07) is 13.0. The van der Waals surface area contributed by atoms with Crippen molar-refractivity contribution in [1.29, 1.82) is 0 Å². The number of fused-ring (bicyclic) bond motifs is 3. The molecule has 39 heavy (non-hydrogen) atoms. The Kier molecular flexibility index (Phi) is 6.20. The third-order valence-corrected chi connectivity index (χ3v) is 9.65. The first-order valence-corrected chi connectivity index (χ1v) is 14.8. The Morgan fingerprint density at radius 2 is 1.85 bits per heavy atom. The van der Waals surface area contributed by atoms with Gasteiger partial charge in [0.1, 0.15) is 11.5 Å². The number of aryl methyl sites for hydroxylation is 2. The molecule has 0 radical (unpaired) electrons. The van der Waals surface area contributed by atoms with Gasteiger partial charge in [-0.2, -0.15) is 0 Å². The second kappa shape index (κ2) is 9.75. The number of thiazole rings is 1. The van der Waals surface area contributed by atoms with Crippen molar-refractivity contribution in [3.05, 3.63) is 64.4 Å². The summed E-state index contributed by atoms with van der Waals surface area (Å²) in [5, 5.41) is 5.57. The van der Waals surface area contributed by atoms with Gasteiger partial charge in [0.25, 0.3) is 0 Å². The van der Waals surface area contributed by atoms with E-state index < -0.39 is 0 Å². The number of carbonyl (C=O) groups is 1. The third kappa shape index (κ3) is 4.43. The fraction of sp³-hybridized carbons (Fsp3) is 0.452. The summed E-state index contributed by atoms with van der Waals surface area (Å²) in [4.78, 5) is 19.7. The molecule has 2 bridgehead atoms. The summed E-state index contributed by atoms with van der Waals surface area (Å²) in [5.74, 6) is 1.19. The molecule has 7 rings (SSSR count). The molecule has 4 aromatic rings. The summed E-state index contributed by atoms with van der Waals surface area (Å²) in [6.45, 7) is 4.68. The van der Waals surface area contributed by atoms with Crippen molar-refractivity contribution in [2.24, 2.45) is 0 Å². The van der Waals surface area contributed by atoms with Gasteiger partial charge in [-0.25, -0.2) is 9.78 Å². The van der Waals surface area contributed by atoms with Gasteiger partial charge in [-0.15, -0.1) is 0 Å². The minimum atomic E-state index is -0.309. The predicted molar refractivity (Wildman–Crippen MR) is 151 cm³/mol. The highest BCUT2D eigenvalue weighted by Gasteiger charge is 2.43. The molecular formula is C31H33N3O4S. The van der Waals surface area contributed by atoms with Gasteiger partial charge in [0.2, 0.25) is 0 Å². The zero-order valence-electron chi connectivity index (χ0n) is 22.6. The Hall–Kier alpha value is -3.23. The van der Waals surface area contributed by atoms with E-state index in [1.54, 1.807) is 11.3 Å². The Bertz CT molecular complexity index is 1540. The lowest BCUT2D eigenvalue weighted by molar-refractivity contribution is 0.0147. The lowest BCUT2D eigenvalue weighted by Crippen LogP contribution is -2.45. The first-order valence-electron chi connectivity index (χ1n) is 13.9. The molecule has 7 nitrogen and oxygen atoms in total. The number of methoxy groups -OCH3 is 1. The Morgan fingerprint density at radius 1 is 1.08 bits per heavy atom. The number of hydrogen-bond acceptors (Lipinski definition) is 8. The van der Waals surface area contributed by atoms with E-state index in [9.17, 15) is 4.79 Å². The number of piperidine rings is 1. The SMILES string of the molecule is COC(=O)c1cc(C)c2nc(N3C4CC[C@H]3CC(OCc3c(-c5ccccc5C)noc3C3CC3)C4)sc2c1. The molecule has 2 unspecified atom stereocenters. The molecule has 2 saturated heterocycles. The van der Waals surface area contributed by atoms with E-state index in [1.807, 2.05) is 19.1 Å². The zero-order valence-corrected chi connectivity index (χ0v) is 23.4. The number of esters is 1. The van der Waals surface area contributed by atoms with Crippen LogP contribution in [0, 0.1) is 13.8 Å². The van der Waals surface area contributed by atoms with Gasteiger partial charge in [-0.3, -0.25) is 0 Å². The number of rotatable bonds is 7. The van der Waals surface area contributed by atoms with E-state index in [1.165, 1.54) is 25.5 Å². The number of ether oxygens (including phenoxy) is 2. The van der Waals surface area contributed by atoms with Crippen LogP contribution in [0.25, 0.3) is 21.5 Å². The van der Waals surface area contributed by atoms with E-state index in [4.69, 9.17) is 19.0 Å². The molecule has 1 aliphatic carbocycles. The minimum absolute atomic E-state index is 0.201. The van der Waals surface area contributed by atoms with Crippen molar-refractivity contribution in [3.63, 3.8) is 0 Å². The number of benzene rings is 2. The fourth-order valence-electron chi connectivity index (χ4n) is 6.49. The van der Waals surface area contributed by atoms with Crippen molar-refractivity contribution in [1.82, 2.24) is 10.1 Å². The van der Waals surface area contributed by atoms with Crippen LogP contribution in [0.5, 0.6) is 0 Å². The van der Waals surface area contributed by atoms with Gasteiger partial charge < -0.3 is 18.9 Å². The van der Waals surface area contributed by atoms with Crippen LogP contribution in [0.2, 0.25) is 0 Å². The molecule has 3 atom stereocenters. The average molecular weight is 544 g/mol. The number of nitrogens with zero attached hydrogens (tertiary/aromatic N) is 3. The molecule has 3 fully saturated rings. The van der Waals surface area contributed by atoms with E-state index in [-0.39, 0.29) is 12.1 Å². The maximum atomic E-state index is 12.1. The highest BCUT2D eigenvalue weighted by atomic mass is 32.1. The highest BCUT2D eigenvalue weighted by molar-refractivity contribution is 7.22. The van der Waals surface area contributed by atoms with Gasteiger partial charge in [0.15, 0.2) is 5.13 Å². The van der Waals surface area contributed by atoms with Gasteiger partial charge in [-0.05, 0) is 75.6 Å². The summed E-state index contributed by atoms with van der Waals surface area (Å²) >= 11 is 1.68. The standard InChI is InChI=1S/C31H33N3O4S/c1-17-6-4-5-7-24(17)28-25(29(38-33-28)19-8-9-19)16-37-23-14-21-10-11-22(15-23)34(21)31-32-27-18(2)12-20(30(35)36-3)13-26(27)39-31/h4-7,12-13,19,21-23H,8-11,14-16H2,1-3H3/t21-,22?,23?/m0/s1. The molecule has 0 N–H and O–H groups in total. The average Bonchev–Trinajstić information content (AvgIpc) is 3.45. The number of anilines is 1. The van der Waals surface area contributed by atoms with E-state index in [0.717, 1.165) is 69.2 Å². The predicted octanol–water partition coefficient (Wildman–Crippen LogP) is 6.95. The lowest BCUT2D eigenvalue weighted by Gasteiger charge is -2.38. The van der Waals surface area contributed by atoms with Crippen molar-refractivity contribution in [2.75, 3.05) is 12.0 Å². The van der Waals surface area contributed by atoms with Gasteiger partial charge in [-0.1, -0.05) is 40.8 Å². The normalized spacial score (nSPS) is 22.5. The number of aromatic nitrogens is 2. The fourth-order valence-corrected chi connectivity index (χ4v) is 7.71. The van der Waals surface area contributed by atoms with Crippen LogP contribution >= 0.6 is 11.3 Å². The van der Waals surface area contributed by atoms with E-state index in [2.05, 4.69) is 41.2 Å². The Labute approximate surface area is 232 Å². The van der Waals surface area contributed by atoms with E-state index >= 15 is 0 Å². The first kappa shape index (κ1) is 24.8. The maximum absolute atomic E-state index is 12.1. The van der Waals surface area contributed by atoms with Crippen LogP contribution in [0.3, 0.4) is 0 Å². The molecule has 2 aliphatic heterocycles. The summed E-state index contributed by atoms with van der Waals surface area (Å²) in [5.41, 5.74) is 6.96. The topological polar surface area (TPSA) is 77.7 Å². The van der Waals surface area contributed by atoms with Gasteiger partial charge in [0, 0.05) is 29.1 Å². The Morgan fingerprint density at radius 3 is 2.56 bits per heavy atom. The molecular weight excluding hydrogens is 510 g/mol. The van der Waals surface area contributed by atoms with Gasteiger partial charge >= 0.3 is 5.97 Å². The van der Waals surface area contributed by atoms with Crippen molar-refractivity contribution in [3.8, 4) is 11.3 Å². The smallest absolute Gasteiger partial charge is 0.337 e. The van der Waals surface area contributed by atoms with Crippen LogP contribution in [-0.2, 0) is 16.1 Å². The largest absolute Gasteiger partial charge is 0.465 e. The zero-order chi connectivity index (χ0) is 26.7. The maximum Gasteiger partial charge on any atom is 0.337 e. The molecule has 202 valence electrons. The van der Waals surface area contributed by atoms with E-state index in [0.29, 0.717) is 30.2 Å². The lowest BCUT2D eigenvalue weighted by atomic mass is 9.99. The van der Waals surface area contributed by atoms with Crippen LogP contribution in [0.1, 0.15) is 77.3 Å². The first-order chi connectivity index (χ1) is 19.0. The molecule has 2 aromatic heterocycles. The number of carbonyl (C=O) groups excluding carboxylic acids is 1. The third-order valence-electron chi connectivity index (χ3n) is 8.64. The minimum Gasteiger partial charge on any atom is -0.465 e. The van der Waals surface area contributed by atoms with Crippen molar-refractivity contribution >= 4 is 32.7 Å².